The quantitative estimate of drug-likeness (QED) is 0.624. The van der Waals surface area contributed by atoms with E-state index in [0.29, 0.717) is 11.8 Å². The van der Waals surface area contributed by atoms with Crippen LogP contribution in [0.4, 0.5) is 10.1 Å². The van der Waals surface area contributed by atoms with Crippen LogP contribution in [0.15, 0.2) is 18.2 Å². The van der Waals surface area contributed by atoms with Crippen LogP contribution in [0.1, 0.15) is 32.1 Å². The molecular weight excluding hydrogens is 329 g/mol. The molecular formula is C17H22FN3O4. The molecule has 2 fully saturated rings. The van der Waals surface area contributed by atoms with Crippen molar-refractivity contribution in [3.63, 3.8) is 0 Å². The molecule has 25 heavy (non-hydrogen) atoms. The highest BCUT2D eigenvalue weighted by Crippen LogP contribution is 2.39. The van der Waals surface area contributed by atoms with Crippen molar-refractivity contribution in [1.82, 2.24) is 5.32 Å². The number of hydrogen-bond donors (Lipinski definition) is 2. The van der Waals surface area contributed by atoms with E-state index in [9.17, 15) is 19.3 Å². The van der Waals surface area contributed by atoms with Gasteiger partial charge in [0.25, 0.3) is 5.91 Å². The fraction of sp³-hybridized carbons (Fsp3) is 0.588. The highest BCUT2D eigenvalue weighted by molar-refractivity contribution is 5.78. The van der Waals surface area contributed by atoms with Crippen LogP contribution in [0.5, 0.6) is 5.75 Å². The van der Waals surface area contributed by atoms with E-state index in [1.165, 1.54) is 12.5 Å². The number of amides is 1. The van der Waals surface area contributed by atoms with Gasteiger partial charge in [-0.25, -0.2) is 0 Å². The molecule has 0 heterocycles. The number of hydrogen-bond acceptors (Lipinski definition) is 5. The number of nitrogens with one attached hydrogen (secondary N) is 1. The van der Waals surface area contributed by atoms with E-state index < -0.39 is 16.4 Å². The zero-order valence-electron chi connectivity index (χ0n) is 13.8. The van der Waals surface area contributed by atoms with E-state index in [0.717, 1.165) is 37.8 Å². The molecule has 1 aromatic rings. The number of ether oxygens (including phenoxy) is 1. The third-order valence-electron chi connectivity index (χ3n) is 5.19. The van der Waals surface area contributed by atoms with Crippen LogP contribution in [0.2, 0.25) is 0 Å². The second-order valence-electron chi connectivity index (χ2n) is 6.93. The van der Waals surface area contributed by atoms with Crippen molar-refractivity contribution in [2.75, 3.05) is 6.61 Å². The first-order valence-electron chi connectivity index (χ1n) is 8.55. The SMILES string of the molecule is NC1CC2CCCC(C1)C2NC(=O)COc1ccc([N+](=O)[O-])c(F)c1. The van der Waals surface area contributed by atoms with Gasteiger partial charge in [-0.3, -0.25) is 14.9 Å². The van der Waals surface area contributed by atoms with Gasteiger partial charge in [-0.15, -0.1) is 0 Å². The van der Waals surface area contributed by atoms with Gasteiger partial charge in [-0.2, -0.15) is 4.39 Å². The van der Waals surface area contributed by atoms with Crippen LogP contribution in [-0.4, -0.2) is 29.5 Å². The summed E-state index contributed by atoms with van der Waals surface area (Å²) >= 11 is 0. The number of nitrogens with two attached hydrogens (primary N) is 1. The molecule has 1 amide bonds. The monoisotopic (exact) mass is 351 g/mol. The molecule has 0 aromatic heterocycles. The summed E-state index contributed by atoms with van der Waals surface area (Å²) in [6.07, 6.45) is 5.17. The number of carbonyl (C=O) groups excluding carboxylic acids is 1. The molecule has 0 aliphatic heterocycles. The standard InChI is InChI=1S/C17H22FN3O4/c18-14-8-13(4-5-15(14)21(23)24)25-9-16(22)20-17-10-2-1-3-11(17)7-12(19)6-10/h4-5,8,10-12,17H,1-3,6-7,9,19H2,(H,20,22). The van der Waals surface area contributed by atoms with Gasteiger partial charge in [0.2, 0.25) is 5.82 Å². The lowest BCUT2D eigenvalue weighted by molar-refractivity contribution is -0.387. The van der Waals surface area contributed by atoms with Gasteiger partial charge in [-0.05, 0) is 43.6 Å². The Kier molecular flexibility index (Phi) is 5.17. The number of carbonyl (C=O) groups is 1. The van der Waals surface area contributed by atoms with E-state index in [-0.39, 0.29) is 30.3 Å². The van der Waals surface area contributed by atoms with Gasteiger partial charge in [-0.1, -0.05) is 6.42 Å². The molecule has 2 bridgehead atoms. The Morgan fingerprint density at radius 1 is 1.36 bits per heavy atom. The van der Waals surface area contributed by atoms with Crippen LogP contribution < -0.4 is 15.8 Å². The summed E-state index contributed by atoms with van der Waals surface area (Å²) in [5.41, 5.74) is 5.46. The molecule has 2 atom stereocenters. The number of nitrogens with zero attached hydrogens (tertiary/aromatic N) is 1. The van der Waals surface area contributed by atoms with E-state index >= 15 is 0 Å². The van der Waals surface area contributed by atoms with Crippen molar-refractivity contribution in [3.05, 3.63) is 34.1 Å². The van der Waals surface area contributed by atoms with Crippen molar-refractivity contribution in [2.45, 2.75) is 44.2 Å². The van der Waals surface area contributed by atoms with Crippen LogP contribution in [0, 0.1) is 27.8 Å². The number of rotatable bonds is 5. The van der Waals surface area contributed by atoms with Crippen molar-refractivity contribution in [1.29, 1.82) is 0 Å². The molecule has 2 unspecified atom stereocenters. The largest absolute Gasteiger partial charge is 0.484 e. The highest BCUT2D eigenvalue weighted by Gasteiger charge is 2.39. The zero-order chi connectivity index (χ0) is 18.0. The van der Waals surface area contributed by atoms with E-state index in [1.54, 1.807) is 0 Å². The minimum atomic E-state index is -0.987. The minimum absolute atomic E-state index is 0.0871. The lowest BCUT2D eigenvalue weighted by Gasteiger charge is -2.45. The summed E-state index contributed by atoms with van der Waals surface area (Å²) in [7, 11) is 0. The zero-order valence-corrected chi connectivity index (χ0v) is 13.8. The third kappa shape index (κ3) is 4.07. The second-order valence-corrected chi connectivity index (χ2v) is 6.93. The Hall–Kier alpha value is -2.22. The number of benzene rings is 1. The average Bonchev–Trinajstić information content (AvgIpc) is 2.53. The summed E-state index contributed by atoms with van der Waals surface area (Å²) in [5.74, 6) is -0.356. The van der Waals surface area contributed by atoms with Crippen LogP contribution >= 0.6 is 0 Å². The summed E-state index contributed by atoms with van der Waals surface area (Å²) in [4.78, 5) is 22.0. The Morgan fingerprint density at radius 3 is 2.64 bits per heavy atom. The van der Waals surface area contributed by atoms with Crippen molar-refractivity contribution >= 4 is 11.6 Å². The topological polar surface area (TPSA) is 107 Å². The summed E-state index contributed by atoms with van der Waals surface area (Å²) in [6, 6.07) is 3.55. The van der Waals surface area contributed by atoms with Gasteiger partial charge in [0.05, 0.1) is 4.92 Å². The van der Waals surface area contributed by atoms with Crippen LogP contribution in [0.25, 0.3) is 0 Å². The molecule has 7 nitrogen and oxygen atoms in total. The Labute approximate surface area is 144 Å². The molecule has 2 saturated carbocycles. The molecule has 0 spiro atoms. The Bertz CT molecular complexity index is 655. The molecule has 2 aliphatic carbocycles. The Morgan fingerprint density at radius 2 is 2.04 bits per heavy atom. The number of halogens is 1. The predicted octanol–water partition coefficient (Wildman–Crippen LogP) is 2.13. The number of nitro benzene ring substituents is 1. The smallest absolute Gasteiger partial charge is 0.305 e. The summed E-state index contributed by atoms with van der Waals surface area (Å²) < 4.78 is 18.8. The lowest BCUT2D eigenvalue weighted by atomic mass is 9.67. The first-order valence-corrected chi connectivity index (χ1v) is 8.55. The maximum atomic E-state index is 13.6. The normalized spacial score (nSPS) is 28.2. The predicted molar refractivity (Wildman–Crippen MR) is 88.5 cm³/mol. The molecule has 136 valence electrons. The van der Waals surface area contributed by atoms with E-state index in [1.807, 2.05) is 0 Å². The summed E-state index contributed by atoms with van der Waals surface area (Å²) in [6.45, 7) is -0.251. The summed E-state index contributed by atoms with van der Waals surface area (Å²) in [5, 5.41) is 13.6. The molecule has 3 rings (SSSR count). The maximum Gasteiger partial charge on any atom is 0.305 e. The fourth-order valence-electron chi connectivity index (χ4n) is 4.13. The molecule has 0 radical (unpaired) electrons. The van der Waals surface area contributed by atoms with Gasteiger partial charge in [0.1, 0.15) is 5.75 Å². The molecule has 8 heteroatoms. The maximum absolute atomic E-state index is 13.6. The molecule has 3 N–H and O–H groups in total. The van der Waals surface area contributed by atoms with Crippen molar-refractivity contribution < 1.29 is 18.8 Å². The molecule has 1 aromatic carbocycles. The first-order chi connectivity index (χ1) is 11.9. The van der Waals surface area contributed by atoms with Gasteiger partial charge in [0, 0.05) is 24.2 Å². The lowest BCUT2D eigenvalue weighted by Crippen LogP contribution is -2.54. The van der Waals surface area contributed by atoms with Crippen molar-refractivity contribution in [3.8, 4) is 5.75 Å². The number of nitro groups is 1. The van der Waals surface area contributed by atoms with Gasteiger partial charge < -0.3 is 15.8 Å². The Balaban J connectivity index is 1.55. The molecule has 2 aliphatic rings. The second kappa shape index (κ2) is 7.35. The average molecular weight is 351 g/mol. The fourth-order valence-corrected chi connectivity index (χ4v) is 4.13. The van der Waals surface area contributed by atoms with E-state index in [2.05, 4.69) is 5.32 Å². The highest BCUT2D eigenvalue weighted by atomic mass is 19.1. The van der Waals surface area contributed by atoms with Crippen LogP contribution in [-0.2, 0) is 4.79 Å². The first kappa shape index (κ1) is 17.6. The number of fused-ring (bicyclic) bond motifs is 2. The van der Waals surface area contributed by atoms with Gasteiger partial charge in [0.15, 0.2) is 6.61 Å². The van der Waals surface area contributed by atoms with Gasteiger partial charge >= 0.3 is 5.69 Å². The van der Waals surface area contributed by atoms with Crippen molar-refractivity contribution in [2.24, 2.45) is 17.6 Å². The third-order valence-corrected chi connectivity index (χ3v) is 5.19. The minimum Gasteiger partial charge on any atom is -0.484 e. The molecule has 0 saturated heterocycles. The van der Waals surface area contributed by atoms with Crippen LogP contribution in [0.3, 0.4) is 0 Å². The van der Waals surface area contributed by atoms with E-state index in [4.69, 9.17) is 10.5 Å².